The number of ether oxygens (including phenoxy) is 1. The maximum absolute atomic E-state index is 15.3. The van der Waals surface area contributed by atoms with E-state index in [9.17, 15) is 14.0 Å². The van der Waals surface area contributed by atoms with Gasteiger partial charge in [0, 0.05) is 18.3 Å². The summed E-state index contributed by atoms with van der Waals surface area (Å²) >= 11 is 0. The molecule has 0 bridgehead atoms. The number of aromatic carboxylic acids is 1. The summed E-state index contributed by atoms with van der Waals surface area (Å²) < 4.78 is 36.5. The summed E-state index contributed by atoms with van der Waals surface area (Å²) in [6.07, 6.45) is 1.07. The molecule has 1 heterocycles. The third-order valence-corrected chi connectivity index (χ3v) is 4.20. The van der Waals surface area contributed by atoms with E-state index in [-0.39, 0.29) is 34.3 Å². The first-order valence-corrected chi connectivity index (χ1v) is 7.82. The summed E-state index contributed by atoms with van der Waals surface area (Å²) in [7, 11) is 1.39. The highest BCUT2D eigenvalue weighted by atomic mass is 19.1. The number of aromatic nitrogens is 1. The normalized spacial score (nSPS) is 10.9. The number of rotatable bonds is 4. The molecule has 0 aliphatic rings. The van der Waals surface area contributed by atoms with Gasteiger partial charge in [-0.05, 0) is 19.1 Å². The van der Waals surface area contributed by atoms with E-state index in [1.54, 1.807) is 25.1 Å². The standard InChI is InChI=1S/C19H15F2NO4/c1-3-22-9-12(19(24)25)18(23)11-8-13(20)15(16(21)17(11)22)10-6-4-5-7-14(10)26-2/h4-9H,3H2,1-2H3,(H,24,25). The number of carboxylic acid groups (broad SMARTS) is 1. The van der Waals surface area contributed by atoms with Crippen LogP contribution in [0.5, 0.6) is 5.75 Å². The number of carboxylic acids is 1. The maximum Gasteiger partial charge on any atom is 0.341 e. The Morgan fingerprint density at radius 2 is 1.96 bits per heavy atom. The van der Waals surface area contributed by atoms with Crippen LogP contribution >= 0.6 is 0 Å². The molecular weight excluding hydrogens is 344 g/mol. The van der Waals surface area contributed by atoms with Gasteiger partial charge in [-0.2, -0.15) is 0 Å². The number of methoxy groups -OCH3 is 1. The zero-order valence-electron chi connectivity index (χ0n) is 14.0. The van der Waals surface area contributed by atoms with Gasteiger partial charge in [-0.15, -0.1) is 0 Å². The molecule has 5 nitrogen and oxygen atoms in total. The number of aryl methyl sites for hydroxylation is 1. The van der Waals surface area contributed by atoms with E-state index in [2.05, 4.69) is 0 Å². The number of nitrogens with zero attached hydrogens (tertiary/aromatic N) is 1. The number of hydrogen-bond donors (Lipinski definition) is 1. The first-order valence-electron chi connectivity index (χ1n) is 7.82. The maximum atomic E-state index is 15.3. The summed E-state index contributed by atoms with van der Waals surface area (Å²) in [6, 6.07) is 7.23. The molecule has 0 atom stereocenters. The van der Waals surface area contributed by atoms with Crippen LogP contribution in [-0.4, -0.2) is 22.8 Å². The number of pyridine rings is 1. The first-order chi connectivity index (χ1) is 12.4. The summed E-state index contributed by atoms with van der Waals surface area (Å²) in [4.78, 5) is 23.6. The van der Waals surface area contributed by atoms with E-state index in [0.717, 1.165) is 12.3 Å². The van der Waals surface area contributed by atoms with Gasteiger partial charge in [0.25, 0.3) is 0 Å². The monoisotopic (exact) mass is 359 g/mol. The summed E-state index contributed by atoms with van der Waals surface area (Å²) in [5.41, 5.74) is -1.75. The molecule has 0 saturated carbocycles. The quantitative estimate of drug-likeness (QED) is 0.772. The molecule has 134 valence electrons. The molecule has 3 rings (SSSR count). The van der Waals surface area contributed by atoms with Crippen LogP contribution in [0.3, 0.4) is 0 Å². The number of carbonyl (C=O) groups is 1. The van der Waals surface area contributed by atoms with E-state index in [1.807, 2.05) is 0 Å². The molecule has 0 unspecified atom stereocenters. The average molecular weight is 359 g/mol. The van der Waals surface area contributed by atoms with E-state index < -0.39 is 28.6 Å². The van der Waals surface area contributed by atoms with E-state index in [0.29, 0.717) is 0 Å². The SMILES string of the molecule is CCn1cc(C(=O)O)c(=O)c2cc(F)c(-c3ccccc3OC)c(F)c21. The molecule has 0 aliphatic heterocycles. The van der Waals surface area contributed by atoms with Gasteiger partial charge in [0.2, 0.25) is 5.43 Å². The molecule has 1 N–H and O–H groups in total. The van der Waals surface area contributed by atoms with Gasteiger partial charge in [0.05, 0.1) is 23.6 Å². The van der Waals surface area contributed by atoms with Gasteiger partial charge < -0.3 is 14.4 Å². The third kappa shape index (κ3) is 2.61. The molecule has 2 aromatic carbocycles. The molecule has 0 aliphatic carbocycles. The molecule has 0 saturated heterocycles. The van der Waals surface area contributed by atoms with Crippen molar-refractivity contribution in [3.63, 3.8) is 0 Å². The lowest BCUT2D eigenvalue weighted by molar-refractivity contribution is 0.0695. The van der Waals surface area contributed by atoms with Crippen molar-refractivity contribution in [3.05, 3.63) is 63.9 Å². The second-order valence-electron chi connectivity index (χ2n) is 5.61. The Morgan fingerprint density at radius 1 is 1.27 bits per heavy atom. The fraction of sp³-hybridized carbons (Fsp3) is 0.158. The molecule has 3 aromatic rings. The zero-order valence-corrected chi connectivity index (χ0v) is 14.0. The smallest absolute Gasteiger partial charge is 0.341 e. The van der Waals surface area contributed by atoms with Crippen LogP contribution in [0, 0.1) is 11.6 Å². The Kier molecular flexibility index (Phi) is 4.46. The Balaban J connectivity index is 2.48. The lowest BCUT2D eigenvalue weighted by Gasteiger charge is -2.15. The second-order valence-corrected chi connectivity index (χ2v) is 5.61. The second kappa shape index (κ2) is 6.59. The Bertz CT molecular complexity index is 1090. The summed E-state index contributed by atoms with van der Waals surface area (Å²) in [5, 5.41) is 8.85. The van der Waals surface area contributed by atoms with Crippen molar-refractivity contribution in [2.75, 3.05) is 7.11 Å². The fourth-order valence-electron chi connectivity index (χ4n) is 2.99. The Morgan fingerprint density at radius 3 is 2.58 bits per heavy atom. The van der Waals surface area contributed by atoms with Gasteiger partial charge in [-0.3, -0.25) is 4.79 Å². The average Bonchev–Trinajstić information content (AvgIpc) is 2.62. The van der Waals surface area contributed by atoms with Crippen molar-refractivity contribution in [2.24, 2.45) is 0 Å². The first kappa shape index (κ1) is 17.6. The van der Waals surface area contributed by atoms with E-state index in [4.69, 9.17) is 9.84 Å². The minimum atomic E-state index is -1.45. The van der Waals surface area contributed by atoms with Gasteiger partial charge in [-0.25, -0.2) is 13.6 Å². The van der Waals surface area contributed by atoms with E-state index in [1.165, 1.54) is 17.7 Å². The fourth-order valence-corrected chi connectivity index (χ4v) is 2.99. The summed E-state index contributed by atoms with van der Waals surface area (Å²) in [5.74, 6) is -3.09. The number of hydrogen-bond acceptors (Lipinski definition) is 3. The molecule has 26 heavy (non-hydrogen) atoms. The molecule has 0 fully saturated rings. The van der Waals surface area contributed by atoms with Crippen LogP contribution in [0.25, 0.3) is 22.0 Å². The Labute approximate surface area is 147 Å². The summed E-state index contributed by atoms with van der Waals surface area (Å²) in [6.45, 7) is 1.87. The Hall–Kier alpha value is -3.22. The molecule has 1 aromatic heterocycles. The van der Waals surface area contributed by atoms with Gasteiger partial charge in [-0.1, -0.05) is 18.2 Å². The molecule has 0 spiro atoms. The third-order valence-electron chi connectivity index (χ3n) is 4.20. The van der Waals surface area contributed by atoms with Crippen LogP contribution < -0.4 is 10.2 Å². The minimum Gasteiger partial charge on any atom is -0.496 e. The predicted octanol–water partition coefficient (Wildman–Crippen LogP) is 3.67. The van der Waals surface area contributed by atoms with Gasteiger partial charge in [0.1, 0.15) is 17.1 Å². The van der Waals surface area contributed by atoms with Crippen molar-refractivity contribution in [3.8, 4) is 16.9 Å². The van der Waals surface area contributed by atoms with Crippen LogP contribution in [0.4, 0.5) is 8.78 Å². The van der Waals surface area contributed by atoms with Crippen LogP contribution in [-0.2, 0) is 6.54 Å². The van der Waals surface area contributed by atoms with Crippen molar-refractivity contribution < 1.29 is 23.4 Å². The highest BCUT2D eigenvalue weighted by Gasteiger charge is 2.23. The van der Waals surface area contributed by atoms with Gasteiger partial charge >= 0.3 is 5.97 Å². The lowest BCUT2D eigenvalue weighted by atomic mass is 9.99. The lowest BCUT2D eigenvalue weighted by Crippen LogP contribution is -2.20. The molecule has 7 heteroatoms. The van der Waals surface area contributed by atoms with Crippen molar-refractivity contribution >= 4 is 16.9 Å². The predicted molar refractivity (Wildman–Crippen MR) is 92.7 cm³/mol. The number of halogens is 2. The van der Waals surface area contributed by atoms with Crippen molar-refractivity contribution in [1.29, 1.82) is 0 Å². The zero-order chi connectivity index (χ0) is 19.0. The minimum absolute atomic E-state index is 0.148. The van der Waals surface area contributed by atoms with Crippen molar-refractivity contribution in [1.82, 2.24) is 4.57 Å². The van der Waals surface area contributed by atoms with Crippen LogP contribution in [0.1, 0.15) is 17.3 Å². The number of benzene rings is 2. The van der Waals surface area contributed by atoms with Crippen LogP contribution in [0.2, 0.25) is 0 Å². The molecule has 0 radical (unpaired) electrons. The van der Waals surface area contributed by atoms with Gasteiger partial charge in [0.15, 0.2) is 5.82 Å². The molecular formula is C19H15F2NO4. The number of fused-ring (bicyclic) bond motifs is 1. The molecule has 0 amide bonds. The van der Waals surface area contributed by atoms with E-state index >= 15 is 4.39 Å². The topological polar surface area (TPSA) is 68.5 Å². The highest BCUT2D eigenvalue weighted by molar-refractivity contribution is 5.94. The van der Waals surface area contributed by atoms with Crippen LogP contribution in [0.15, 0.2) is 41.3 Å². The van der Waals surface area contributed by atoms with Crippen molar-refractivity contribution in [2.45, 2.75) is 13.5 Å². The number of para-hydroxylation sites is 1. The highest BCUT2D eigenvalue weighted by Crippen LogP contribution is 2.36. The largest absolute Gasteiger partial charge is 0.496 e.